The highest BCUT2D eigenvalue weighted by Crippen LogP contribution is 2.15. The lowest BCUT2D eigenvalue weighted by Crippen LogP contribution is -2.29. The first-order chi connectivity index (χ1) is 11.0. The van der Waals surface area contributed by atoms with Gasteiger partial charge < -0.3 is 15.4 Å². The van der Waals surface area contributed by atoms with Gasteiger partial charge in [0.15, 0.2) is 5.78 Å². The zero-order valence-corrected chi connectivity index (χ0v) is 12.8. The van der Waals surface area contributed by atoms with Gasteiger partial charge in [0, 0.05) is 16.9 Å². The van der Waals surface area contributed by atoms with E-state index in [0.717, 1.165) is 0 Å². The number of nitrogens with one attached hydrogen (secondary N) is 2. The van der Waals surface area contributed by atoms with E-state index in [1.54, 1.807) is 55.6 Å². The molecule has 23 heavy (non-hydrogen) atoms. The van der Waals surface area contributed by atoms with Gasteiger partial charge in [-0.25, -0.2) is 0 Å². The fourth-order valence-corrected chi connectivity index (χ4v) is 1.84. The average Bonchev–Trinajstić information content (AvgIpc) is 2.56. The SMILES string of the molecule is COc1ccc(NC(=O)C(=O)Nc2ccc(C(C)=O)cc2)cc1. The van der Waals surface area contributed by atoms with E-state index in [9.17, 15) is 14.4 Å². The monoisotopic (exact) mass is 312 g/mol. The molecule has 2 aromatic carbocycles. The van der Waals surface area contributed by atoms with Crippen molar-refractivity contribution in [3.8, 4) is 5.75 Å². The summed E-state index contributed by atoms with van der Waals surface area (Å²) in [6.45, 7) is 1.45. The molecular formula is C17H16N2O4. The van der Waals surface area contributed by atoms with E-state index in [1.807, 2.05) is 0 Å². The maximum atomic E-state index is 11.8. The highest BCUT2D eigenvalue weighted by atomic mass is 16.5. The van der Waals surface area contributed by atoms with Gasteiger partial charge in [0.2, 0.25) is 0 Å². The van der Waals surface area contributed by atoms with E-state index in [-0.39, 0.29) is 5.78 Å². The first kappa shape index (κ1) is 16.2. The molecule has 2 N–H and O–H groups in total. The molecule has 0 saturated heterocycles. The minimum atomic E-state index is -0.795. The quantitative estimate of drug-likeness (QED) is 0.671. The molecule has 2 aromatic rings. The molecule has 0 aliphatic carbocycles. The number of Topliss-reactive ketones (excluding diaryl/α,β-unsaturated/α-hetero) is 1. The summed E-state index contributed by atoms with van der Waals surface area (Å²) in [5.74, 6) is -1.000. The summed E-state index contributed by atoms with van der Waals surface area (Å²) in [6, 6.07) is 12.9. The van der Waals surface area contributed by atoms with Crippen molar-refractivity contribution in [3.63, 3.8) is 0 Å². The summed E-state index contributed by atoms with van der Waals surface area (Å²) in [7, 11) is 1.54. The van der Waals surface area contributed by atoms with Crippen LogP contribution in [-0.4, -0.2) is 24.7 Å². The maximum absolute atomic E-state index is 11.8. The van der Waals surface area contributed by atoms with Crippen molar-refractivity contribution < 1.29 is 19.1 Å². The first-order valence-corrected chi connectivity index (χ1v) is 6.87. The van der Waals surface area contributed by atoms with Crippen molar-refractivity contribution >= 4 is 29.0 Å². The van der Waals surface area contributed by atoms with Gasteiger partial charge in [-0.05, 0) is 55.5 Å². The number of benzene rings is 2. The Hall–Kier alpha value is -3.15. The van der Waals surface area contributed by atoms with Gasteiger partial charge in [-0.2, -0.15) is 0 Å². The fourth-order valence-electron chi connectivity index (χ4n) is 1.84. The maximum Gasteiger partial charge on any atom is 0.314 e. The third-order valence-electron chi connectivity index (χ3n) is 3.10. The zero-order chi connectivity index (χ0) is 16.8. The van der Waals surface area contributed by atoms with Crippen molar-refractivity contribution in [1.29, 1.82) is 0 Å². The molecule has 0 saturated carbocycles. The number of anilines is 2. The van der Waals surface area contributed by atoms with Crippen molar-refractivity contribution in [1.82, 2.24) is 0 Å². The third-order valence-corrected chi connectivity index (χ3v) is 3.10. The second-order valence-corrected chi connectivity index (χ2v) is 4.77. The van der Waals surface area contributed by atoms with Crippen molar-refractivity contribution in [2.75, 3.05) is 17.7 Å². The standard InChI is InChI=1S/C17H16N2O4/c1-11(20)12-3-5-13(6-4-12)18-16(21)17(22)19-14-7-9-15(23-2)10-8-14/h3-10H,1-2H3,(H,18,21)(H,19,22). The summed E-state index contributed by atoms with van der Waals surface area (Å²) >= 11 is 0. The second kappa shape index (κ2) is 7.22. The molecule has 2 amide bonds. The van der Waals surface area contributed by atoms with Gasteiger partial charge in [0.05, 0.1) is 7.11 Å². The second-order valence-electron chi connectivity index (χ2n) is 4.77. The van der Waals surface area contributed by atoms with E-state index in [0.29, 0.717) is 22.7 Å². The molecule has 0 aliphatic heterocycles. The Kier molecular flexibility index (Phi) is 5.09. The number of methoxy groups -OCH3 is 1. The number of rotatable bonds is 4. The molecule has 0 aliphatic rings. The van der Waals surface area contributed by atoms with E-state index in [1.165, 1.54) is 6.92 Å². The Morgan fingerprint density at radius 3 is 1.61 bits per heavy atom. The minimum absolute atomic E-state index is 0.0693. The predicted octanol–water partition coefficient (Wildman–Crippen LogP) is 2.48. The lowest BCUT2D eigenvalue weighted by atomic mass is 10.1. The number of ketones is 1. The van der Waals surface area contributed by atoms with Gasteiger partial charge in [0.1, 0.15) is 5.75 Å². The molecule has 0 unspecified atom stereocenters. The fraction of sp³-hybridized carbons (Fsp3) is 0.118. The lowest BCUT2D eigenvalue weighted by Gasteiger charge is -2.07. The van der Waals surface area contributed by atoms with Gasteiger partial charge in [0.25, 0.3) is 0 Å². The Morgan fingerprint density at radius 2 is 1.22 bits per heavy atom. The summed E-state index contributed by atoms with van der Waals surface area (Å²) in [6.07, 6.45) is 0. The Bertz CT molecular complexity index is 721. The molecule has 0 radical (unpaired) electrons. The van der Waals surface area contributed by atoms with Crippen LogP contribution in [-0.2, 0) is 9.59 Å². The molecule has 0 aromatic heterocycles. The molecule has 6 nitrogen and oxygen atoms in total. The Balaban J connectivity index is 1.96. The number of hydrogen-bond acceptors (Lipinski definition) is 4. The average molecular weight is 312 g/mol. The molecule has 118 valence electrons. The number of ether oxygens (including phenoxy) is 1. The number of carbonyl (C=O) groups is 3. The van der Waals surface area contributed by atoms with Gasteiger partial charge in [-0.1, -0.05) is 0 Å². The molecule has 0 fully saturated rings. The molecule has 0 atom stereocenters. The summed E-state index contributed by atoms with van der Waals surface area (Å²) < 4.78 is 5.01. The Morgan fingerprint density at radius 1 is 0.783 bits per heavy atom. The van der Waals surface area contributed by atoms with Crippen molar-refractivity contribution in [2.24, 2.45) is 0 Å². The van der Waals surface area contributed by atoms with Crippen LogP contribution >= 0.6 is 0 Å². The van der Waals surface area contributed by atoms with Gasteiger partial charge in [-0.15, -0.1) is 0 Å². The van der Waals surface area contributed by atoms with E-state index < -0.39 is 11.8 Å². The van der Waals surface area contributed by atoms with Crippen LogP contribution in [0.3, 0.4) is 0 Å². The first-order valence-electron chi connectivity index (χ1n) is 6.87. The third kappa shape index (κ3) is 4.41. The molecule has 0 bridgehead atoms. The van der Waals surface area contributed by atoms with Crippen LogP contribution in [0.1, 0.15) is 17.3 Å². The molecule has 0 spiro atoms. The summed E-state index contributed by atoms with van der Waals surface area (Å²) in [4.78, 5) is 34.9. The van der Waals surface area contributed by atoms with Crippen molar-refractivity contribution in [3.05, 3.63) is 54.1 Å². The highest BCUT2D eigenvalue weighted by molar-refractivity contribution is 6.43. The Labute approximate surface area is 133 Å². The van der Waals surface area contributed by atoms with E-state index >= 15 is 0 Å². The molecule has 0 heterocycles. The summed E-state index contributed by atoms with van der Waals surface area (Å²) in [5, 5.41) is 4.95. The van der Waals surface area contributed by atoms with Crippen LogP contribution in [0.15, 0.2) is 48.5 Å². The molecule has 6 heteroatoms. The van der Waals surface area contributed by atoms with E-state index in [4.69, 9.17) is 4.74 Å². The normalized spacial score (nSPS) is 9.83. The van der Waals surface area contributed by atoms with Crippen LogP contribution in [0.5, 0.6) is 5.75 Å². The molecule has 2 rings (SSSR count). The number of hydrogen-bond donors (Lipinski definition) is 2. The van der Waals surface area contributed by atoms with Crippen molar-refractivity contribution in [2.45, 2.75) is 6.92 Å². The van der Waals surface area contributed by atoms with Crippen LogP contribution in [0.25, 0.3) is 0 Å². The number of amides is 2. The van der Waals surface area contributed by atoms with Crippen LogP contribution in [0, 0.1) is 0 Å². The van der Waals surface area contributed by atoms with Gasteiger partial charge >= 0.3 is 11.8 Å². The van der Waals surface area contributed by atoms with Crippen LogP contribution in [0.2, 0.25) is 0 Å². The van der Waals surface area contributed by atoms with Crippen LogP contribution in [0.4, 0.5) is 11.4 Å². The largest absolute Gasteiger partial charge is 0.497 e. The lowest BCUT2D eigenvalue weighted by molar-refractivity contribution is -0.132. The zero-order valence-electron chi connectivity index (χ0n) is 12.8. The smallest absolute Gasteiger partial charge is 0.314 e. The minimum Gasteiger partial charge on any atom is -0.497 e. The molecular weight excluding hydrogens is 296 g/mol. The predicted molar refractivity (Wildman–Crippen MR) is 86.7 cm³/mol. The van der Waals surface area contributed by atoms with E-state index in [2.05, 4.69) is 10.6 Å². The van der Waals surface area contributed by atoms with Gasteiger partial charge in [-0.3, -0.25) is 14.4 Å². The number of carbonyl (C=O) groups excluding carboxylic acids is 3. The topological polar surface area (TPSA) is 84.5 Å². The highest BCUT2D eigenvalue weighted by Gasteiger charge is 2.14. The van der Waals surface area contributed by atoms with Crippen LogP contribution < -0.4 is 15.4 Å². The summed E-state index contributed by atoms with van der Waals surface area (Å²) in [5.41, 5.74) is 1.45.